The first-order chi connectivity index (χ1) is 11.0. The highest BCUT2D eigenvalue weighted by molar-refractivity contribution is 5.98. The minimum atomic E-state index is -0.702. The average Bonchev–Trinajstić information content (AvgIpc) is 2.44. The van der Waals surface area contributed by atoms with Gasteiger partial charge in [-0.15, -0.1) is 0 Å². The minimum absolute atomic E-state index is 0.0718. The number of aromatic hydroxyl groups is 2. The third-order valence-corrected chi connectivity index (χ3v) is 3.50. The van der Waals surface area contributed by atoms with Gasteiger partial charge in [-0.3, -0.25) is 4.79 Å². The number of carbonyl (C=O) groups is 2. The Kier molecular flexibility index (Phi) is 5.57. The van der Waals surface area contributed by atoms with Gasteiger partial charge < -0.3 is 14.9 Å². The summed E-state index contributed by atoms with van der Waals surface area (Å²) in [7, 11) is 0. The average molecular weight is 316 g/mol. The molecule has 1 aliphatic rings. The lowest BCUT2D eigenvalue weighted by Crippen LogP contribution is -2.17. The van der Waals surface area contributed by atoms with Crippen molar-refractivity contribution in [2.45, 2.75) is 38.7 Å². The molecule has 1 aliphatic heterocycles. The number of hydrogen-bond acceptors (Lipinski definition) is 5. The molecule has 0 spiro atoms. The first kappa shape index (κ1) is 16.8. The quantitative estimate of drug-likeness (QED) is 0.568. The fourth-order valence-corrected chi connectivity index (χ4v) is 2.39. The lowest BCUT2D eigenvalue weighted by atomic mass is 10.00. The second kappa shape index (κ2) is 7.63. The number of ether oxygens (including phenoxy) is 1. The Morgan fingerprint density at radius 3 is 2.61 bits per heavy atom. The predicted molar refractivity (Wildman–Crippen MR) is 85.5 cm³/mol. The summed E-state index contributed by atoms with van der Waals surface area (Å²) >= 11 is 0. The molecule has 1 atom stereocenters. The second-order valence-corrected chi connectivity index (χ2v) is 5.54. The first-order valence-corrected chi connectivity index (χ1v) is 7.57. The molecule has 0 amide bonds. The van der Waals surface area contributed by atoms with Crippen molar-refractivity contribution in [2.24, 2.45) is 0 Å². The van der Waals surface area contributed by atoms with Gasteiger partial charge in [-0.1, -0.05) is 18.2 Å². The maximum Gasteiger partial charge on any atom is 0.342 e. The molecule has 0 saturated heterocycles. The molecule has 1 aromatic carbocycles. The van der Waals surface area contributed by atoms with E-state index in [-0.39, 0.29) is 35.2 Å². The van der Waals surface area contributed by atoms with Crippen LogP contribution in [0.25, 0.3) is 0 Å². The second-order valence-electron chi connectivity index (χ2n) is 5.54. The molecular formula is C18H20O5. The highest BCUT2D eigenvalue weighted by Crippen LogP contribution is 2.29. The molecular weight excluding hydrogens is 296 g/mol. The normalized spacial score (nSPS) is 19.8. The van der Waals surface area contributed by atoms with Crippen LogP contribution >= 0.6 is 0 Å². The van der Waals surface area contributed by atoms with Crippen molar-refractivity contribution in [3.63, 3.8) is 0 Å². The molecule has 0 aliphatic carbocycles. The molecule has 2 N–H and O–H groups in total. The number of esters is 1. The fourth-order valence-electron chi connectivity index (χ4n) is 2.39. The smallest absolute Gasteiger partial charge is 0.342 e. The Morgan fingerprint density at radius 1 is 1.09 bits per heavy atom. The highest BCUT2D eigenvalue weighted by Gasteiger charge is 2.22. The minimum Gasteiger partial charge on any atom is -0.508 e. The summed E-state index contributed by atoms with van der Waals surface area (Å²) < 4.78 is 5.32. The van der Waals surface area contributed by atoms with Gasteiger partial charge in [0.15, 0.2) is 5.78 Å². The van der Waals surface area contributed by atoms with Crippen molar-refractivity contribution >= 4 is 11.8 Å². The van der Waals surface area contributed by atoms with Crippen molar-refractivity contribution in [1.29, 1.82) is 0 Å². The standard InChI is InChI=1S/C18H20O5/c1-12-7-5-3-2-4-6-8-14(19)9-13-10-15(20)11-16(21)17(13)18(22)23-12/h3,5-6,8,10-12,20-21H,2,4,7,9H2,1H3. The van der Waals surface area contributed by atoms with Crippen LogP contribution in [0.3, 0.4) is 0 Å². The third kappa shape index (κ3) is 4.71. The zero-order chi connectivity index (χ0) is 16.8. The molecule has 1 unspecified atom stereocenters. The van der Waals surface area contributed by atoms with Gasteiger partial charge in [0.25, 0.3) is 0 Å². The van der Waals surface area contributed by atoms with Crippen molar-refractivity contribution in [2.75, 3.05) is 0 Å². The Morgan fingerprint density at radius 2 is 1.83 bits per heavy atom. The van der Waals surface area contributed by atoms with Gasteiger partial charge in [0, 0.05) is 18.9 Å². The number of carbonyl (C=O) groups excluding carboxylic acids is 2. The van der Waals surface area contributed by atoms with E-state index in [0.29, 0.717) is 6.42 Å². The number of phenolic OH excluding ortho intramolecular Hbond substituents is 2. The van der Waals surface area contributed by atoms with Crippen LogP contribution in [0.5, 0.6) is 11.5 Å². The van der Waals surface area contributed by atoms with Gasteiger partial charge in [0.2, 0.25) is 0 Å². The van der Waals surface area contributed by atoms with E-state index in [2.05, 4.69) is 0 Å². The number of rotatable bonds is 0. The van der Waals surface area contributed by atoms with Crippen molar-refractivity contribution in [3.05, 3.63) is 47.6 Å². The van der Waals surface area contributed by atoms with Gasteiger partial charge in [0.05, 0.1) is 0 Å². The highest BCUT2D eigenvalue weighted by atomic mass is 16.5. The lowest BCUT2D eigenvalue weighted by molar-refractivity contribution is -0.114. The van der Waals surface area contributed by atoms with Gasteiger partial charge in [-0.2, -0.15) is 0 Å². The summed E-state index contributed by atoms with van der Waals surface area (Å²) in [6.45, 7) is 1.76. The monoisotopic (exact) mass is 316 g/mol. The molecule has 2 rings (SSSR count). The van der Waals surface area contributed by atoms with E-state index in [1.54, 1.807) is 13.0 Å². The SMILES string of the molecule is CC1CC=CCCC=CC(=O)Cc2cc(O)cc(O)c2C(=O)O1. The van der Waals surface area contributed by atoms with E-state index in [1.165, 1.54) is 12.1 Å². The third-order valence-electron chi connectivity index (χ3n) is 3.50. The number of cyclic esters (lactones) is 1. The molecule has 0 aromatic heterocycles. The lowest BCUT2D eigenvalue weighted by Gasteiger charge is -2.15. The molecule has 23 heavy (non-hydrogen) atoms. The molecule has 0 saturated carbocycles. The van der Waals surface area contributed by atoms with Crippen molar-refractivity contribution < 1.29 is 24.5 Å². The predicted octanol–water partition coefficient (Wildman–Crippen LogP) is 3.05. The van der Waals surface area contributed by atoms with Gasteiger partial charge in [0.1, 0.15) is 23.2 Å². The number of allylic oxidation sites excluding steroid dienone is 3. The zero-order valence-electron chi connectivity index (χ0n) is 13.0. The van der Waals surface area contributed by atoms with Crippen LogP contribution in [0.15, 0.2) is 36.4 Å². The largest absolute Gasteiger partial charge is 0.508 e. The first-order valence-electron chi connectivity index (χ1n) is 7.57. The Balaban J connectivity index is 2.40. The molecule has 0 radical (unpaired) electrons. The maximum absolute atomic E-state index is 12.3. The van der Waals surface area contributed by atoms with Crippen LogP contribution < -0.4 is 0 Å². The van der Waals surface area contributed by atoms with E-state index < -0.39 is 11.7 Å². The molecule has 1 aromatic rings. The summed E-state index contributed by atoms with van der Waals surface area (Å²) in [4.78, 5) is 24.3. The Hall–Kier alpha value is -2.56. The fraction of sp³-hybridized carbons (Fsp3) is 0.333. The Labute approximate surface area is 134 Å². The summed E-state index contributed by atoms with van der Waals surface area (Å²) in [5.74, 6) is -1.51. The van der Waals surface area contributed by atoms with Crippen molar-refractivity contribution in [3.8, 4) is 11.5 Å². The van der Waals surface area contributed by atoms with E-state index in [1.807, 2.05) is 12.2 Å². The number of hydrogen-bond donors (Lipinski definition) is 2. The van der Waals surface area contributed by atoms with Crippen molar-refractivity contribution in [1.82, 2.24) is 0 Å². The number of phenols is 2. The topological polar surface area (TPSA) is 83.8 Å². The zero-order valence-corrected chi connectivity index (χ0v) is 13.0. The summed E-state index contributed by atoms with van der Waals surface area (Å²) in [6, 6.07) is 2.37. The van der Waals surface area contributed by atoms with Crippen LogP contribution in [-0.4, -0.2) is 28.1 Å². The molecule has 122 valence electrons. The number of benzene rings is 1. The maximum atomic E-state index is 12.3. The van der Waals surface area contributed by atoms with E-state index in [4.69, 9.17) is 4.74 Å². The Bertz CT molecular complexity index is 658. The van der Waals surface area contributed by atoms with Crippen LogP contribution in [0, 0.1) is 0 Å². The van der Waals surface area contributed by atoms with E-state index in [0.717, 1.165) is 18.9 Å². The molecule has 0 bridgehead atoms. The van der Waals surface area contributed by atoms with Crippen LogP contribution in [0.4, 0.5) is 0 Å². The number of fused-ring (bicyclic) bond motifs is 1. The summed E-state index contributed by atoms with van der Waals surface area (Å²) in [5, 5.41) is 19.6. The summed E-state index contributed by atoms with van der Waals surface area (Å²) in [6.07, 6.45) is 8.83. The van der Waals surface area contributed by atoms with Crippen LogP contribution in [0.2, 0.25) is 0 Å². The van der Waals surface area contributed by atoms with Crippen LogP contribution in [0.1, 0.15) is 42.1 Å². The molecule has 5 nitrogen and oxygen atoms in total. The van der Waals surface area contributed by atoms with Crippen LogP contribution in [-0.2, 0) is 16.0 Å². The van der Waals surface area contributed by atoms with E-state index in [9.17, 15) is 19.8 Å². The molecule has 0 fully saturated rings. The van der Waals surface area contributed by atoms with Gasteiger partial charge in [-0.05, 0) is 37.5 Å². The number of ketones is 1. The van der Waals surface area contributed by atoms with E-state index >= 15 is 0 Å². The summed E-state index contributed by atoms with van der Waals surface area (Å²) in [5.41, 5.74) is 0.180. The van der Waals surface area contributed by atoms with Gasteiger partial charge in [-0.25, -0.2) is 4.79 Å². The van der Waals surface area contributed by atoms with Gasteiger partial charge >= 0.3 is 5.97 Å². The molecule has 5 heteroatoms. The molecule has 1 heterocycles.